The molecule has 1 amide bonds. The Morgan fingerprint density at radius 2 is 2.05 bits per heavy atom. The number of hydrogen-bond acceptors (Lipinski definition) is 5. The Morgan fingerprint density at radius 1 is 1.35 bits per heavy atom. The Hall–Kier alpha value is -0.370. The molecule has 0 aromatic heterocycles. The number of nitrogens with one attached hydrogen (secondary N) is 1. The van der Waals surface area contributed by atoms with Crippen LogP contribution in [0.1, 0.15) is 10.4 Å². The SMILES string of the molecule is CN(C)CCSSCCNC(=O)c1cc(Br)ccc1O. The first kappa shape index (κ1) is 17.7. The third kappa shape index (κ3) is 6.88. The van der Waals surface area contributed by atoms with Crippen LogP contribution in [0.15, 0.2) is 22.7 Å². The van der Waals surface area contributed by atoms with Crippen molar-refractivity contribution in [1.82, 2.24) is 10.2 Å². The summed E-state index contributed by atoms with van der Waals surface area (Å²) >= 11 is 3.28. The predicted octanol–water partition coefficient (Wildman–Crippen LogP) is 2.83. The van der Waals surface area contributed by atoms with Crippen LogP contribution < -0.4 is 5.32 Å². The van der Waals surface area contributed by atoms with Crippen molar-refractivity contribution in [3.63, 3.8) is 0 Å². The zero-order valence-corrected chi connectivity index (χ0v) is 14.8. The van der Waals surface area contributed by atoms with E-state index in [0.717, 1.165) is 22.5 Å². The molecule has 0 saturated carbocycles. The molecule has 0 aliphatic heterocycles. The molecule has 0 unspecified atom stereocenters. The van der Waals surface area contributed by atoms with Gasteiger partial charge in [0, 0.05) is 29.1 Å². The summed E-state index contributed by atoms with van der Waals surface area (Å²) in [4.78, 5) is 14.0. The Kier molecular flexibility index (Phi) is 8.44. The highest BCUT2D eigenvalue weighted by atomic mass is 79.9. The number of rotatable bonds is 8. The summed E-state index contributed by atoms with van der Waals surface area (Å²) < 4.78 is 0.772. The molecule has 4 nitrogen and oxygen atoms in total. The average Bonchev–Trinajstić information content (AvgIpc) is 2.39. The van der Waals surface area contributed by atoms with Crippen molar-refractivity contribution in [3.8, 4) is 5.75 Å². The van der Waals surface area contributed by atoms with Crippen LogP contribution >= 0.6 is 37.5 Å². The molecule has 7 heteroatoms. The van der Waals surface area contributed by atoms with E-state index >= 15 is 0 Å². The maximum absolute atomic E-state index is 11.9. The third-order valence-corrected chi connectivity index (χ3v) is 5.26. The lowest BCUT2D eigenvalue weighted by atomic mass is 10.2. The predicted molar refractivity (Wildman–Crippen MR) is 91.6 cm³/mol. The van der Waals surface area contributed by atoms with Crippen molar-refractivity contribution < 1.29 is 9.90 Å². The monoisotopic (exact) mass is 378 g/mol. The summed E-state index contributed by atoms with van der Waals surface area (Å²) in [6.07, 6.45) is 0. The minimum atomic E-state index is -0.248. The second kappa shape index (κ2) is 9.55. The van der Waals surface area contributed by atoms with Crippen LogP contribution in [0.4, 0.5) is 0 Å². The van der Waals surface area contributed by atoms with Gasteiger partial charge < -0.3 is 15.3 Å². The van der Waals surface area contributed by atoms with E-state index in [1.165, 1.54) is 6.07 Å². The third-order valence-electron chi connectivity index (χ3n) is 2.38. The molecular weight excluding hydrogens is 360 g/mol. The molecule has 0 atom stereocenters. The van der Waals surface area contributed by atoms with E-state index in [0.29, 0.717) is 12.1 Å². The fraction of sp³-hybridized carbons (Fsp3) is 0.462. The van der Waals surface area contributed by atoms with Gasteiger partial charge in [-0.15, -0.1) is 0 Å². The average molecular weight is 379 g/mol. The van der Waals surface area contributed by atoms with Gasteiger partial charge in [0.2, 0.25) is 0 Å². The van der Waals surface area contributed by atoms with Gasteiger partial charge in [-0.3, -0.25) is 4.79 Å². The van der Waals surface area contributed by atoms with Gasteiger partial charge in [-0.25, -0.2) is 0 Å². The molecule has 0 aliphatic carbocycles. The van der Waals surface area contributed by atoms with Crippen molar-refractivity contribution in [2.45, 2.75) is 0 Å². The first-order chi connectivity index (χ1) is 9.50. The van der Waals surface area contributed by atoms with Crippen molar-refractivity contribution in [2.24, 2.45) is 0 Å². The molecule has 0 saturated heterocycles. The van der Waals surface area contributed by atoms with Crippen molar-refractivity contribution in [3.05, 3.63) is 28.2 Å². The van der Waals surface area contributed by atoms with Crippen LogP contribution in [-0.2, 0) is 0 Å². The number of benzene rings is 1. The molecule has 0 bridgehead atoms. The minimum Gasteiger partial charge on any atom is -0.507 e. The maximum Gasteiger partial charge on any atom is 0.255 e. The number of hydrogen-bond donors (Lipinski definition) is 2. The highest BCUT2D eigenvalue weighted by molar-refractivity contribution is 9.10. The standard InChI is InChI=1S/C13H19BrN2O2S2/c1-16(2)6-8-20-19-7-5-15-13(18)11-9-10(14)3-4-12(11)17/h3-4,9,17H,5-8H2,1-2H3,(H,15,18). The van der Waals surface area contributed by atoms with Crippen molar-refractivity contribution in [1.29, 1.82) is 0 Å². The largest absolute Gasteiger partial charge is 0.507 e. The number of phenols is 1. The van der Waals surface area contributed by atoms with E-state index in [-0.39, 0.29) is 11.7 Å². The van der Waals surface area contributed by atoms with Gasteiger partial charge in [0.25, 0.3) is 5.91 Å². The Morgan fingerprint density at radius 3 is 2.75 bits per heavy atom. The molecule has 0 spiro atoms. The fourth-order valence-electron chi connectivity index (χ4n) is 1.33. The van der Waals surface area contributed by atoms with Gasteiger partial charge in [-0.1, -0.05) is 37.5 Å². The number of aromatic hydroxyl groups is 1. The number of halogens is 1. The Bertz CT molecular complexity index is 444. The smallest absolute Gasteiger partial charge is 0.255 e. The summed E-state index contributed by atoms with van der Waals surface area (Å²) in [6, 6.07) is 4.82. The van der Waals surface area contributed by atoms with Crippen LogP contribution in [0, 0.1) is 0 Å². The van der Waals surface area contributed by atoms with Crippen molar-refractivity contribution in [2.75, 3.05) is 38.7 Å². The molecule has 0 heterocycles. The quantitative estimate of drug-likeness (QED) is 0.537. The highest BCUT2D eigenvalue weighted by Crippen LogP contribution is 2.22. The van der Waals surface area contributed by atoms with Gasteiger partial charge in [0.15, 0.2) is 0 Å². The number of carbonyl (C=O) groups is 1. The zero-order valence-electron chi connectivity index (χ0n) is 11.6. The molecule has 0 aliphatic rings. The second-order valence-corrected chi connectivity index (χ2v) is 7.98. The lowest BCUT2D eigenvalue weighted by Gasteiger charge is -2.09. The first-order valence-corrected chi connectivity index (χ1v) is 9.44. The molecule has 112 valence electrons. The molecule has 20 heavy (non-hydrogen) atoms. The number of amides is 1. The molecule has 0 fully saturated rings. The minimum absolute atomic E-state index is 0.00119. The Balaban J connectivity index is 2.22. The second-order valence-electron chi connectivity index (χ2n) is 4.36. The van der Waals surface area contributed by atoms with E-state index in [1.54, 1.807) is 33.7 Å². The molecule has 0 radical (unpaired) electrons. The summed E-state index contributed by atoms with van der Waals surface area (Å²) in [5.41, 5.74) is 0.296. The number of carbonyl (C=O) groups excluding carboxylic acids is 1. The molecule has 2 N–H and O–H groups in total. The van der Waals surface area contributed by atoms with Gasteiger partial charge in [0.1, 0.15) is 5.75 Å². The van der Waals surface area contributed by atoms with E-state index in [4.69, 9.17) is 0 Å². The fourth-order valence-corrected chi connectivity index (χ4v) is 3.73. The van der Waals surface area contributed by atoms with Gasteiger partial charge in [-0.2, -0.15) is 0 Å². The molecule has 1 aromatic carbocycles. The van der Waals surface area contributed by atoms with Crippen LogP contribution in [0.25, 0.3) is 0 Å². The zero-order chi connectivity index (χ0) is 15.0. The van der Waals surface area contributed by atoms with Crippen LogP contribution in [-0.4, -0.2) is 54.6 Å². The highest BCUT2D eigenvalue weighted by Gasteiger charge is 2.10. The molecular formula is C13H19BrN2O2S2. The van der Waals surface area contributed by atoms with E-state index in [9.17, 15) is 9.90 Å². The van der Waals surface area contributed by atoms with Gasteiger partial charge >= 0.3 is 0 Å². The van der Waals surface area contributed by atoms with E-state index < -0.39 is 0 Å². The molecule has 1 aromatic rings. The normalized spacial score (nSPS) is 10.8. The summed E-state index contributed by atoms with van der Waals surface area (Å²) in [7, 11) is 7.65. The van der Waals surface area contributed by atoms with Crippen molar-refractivity contribution >= 4 is 43.4 Å². The topological polar surface area (TPSA) is 52.6 Å². The summed E-state index contributed by atoms with van der Waals surface area (Å²) in [6.45, 7) is 1.64. The van der Waals surface area contributed by atoms with Crippen LogP contribution in [0.3, 0.4) is 0 Å². The Labute approximate surface area is 136 Å². The van der Waals surface area contributed by atoms with Gasteiger partial charge in [-0.05, 0) is 32.3 Å². The first-order valence-electron chi connectivity index (χ1n) is 6.16. The lowest BCUT2D eigenvalue weighted by Crippen LogP contribution is -2.25. The van der Waals surface area contributed by atoms with Crippen LogP contribution in [0.2, 0.25) is 0 Å². The van der Waals surface area contributed by atoms with E-state index in [2.05, 4.69) is 40.2 Å². The van der Waals surface area contributed by atoms with Gasteiger partial charge in [0.05, 0.1) is 5.56 Å². The number of nitrogens with zero attached hydrogens (tertiary/aromatic N) is 1. The summed E-state index contributed by atoms with van der Waals surface area (Å²) in [5, 5.41) is 12.4. The van der Waals surface area contributed by atoms with E-state index in [1.807, 2.05) is 0 Å². The summed E-state index contributed by atoms with van der Waals surface area (Å²) in [5.74, 6) is 1.66. The maximum atomic E-state index is 11.9. The molecule has 1 rings (SSSR count). The number of phenolic OH excluding ortho intramolecular Hbond substituents is 1. The lowest BCUT2D eigenvalue weighted by molar-refractivity contribution is 0.0953. The van der Waals surface area contributed by atoms with Crippen LogP contribution in [0.5, 0.6) is 5.75 Å².